The number of carbonyl (C=O) groups excluding carboxylic acids is 1. The van der Waals surface area contributed by atoms with Crippen LogP contribution in [0.3, 0.4) is 0 Å². The zero-order valence-electron chi connectivity index (χ0n) is 16.0. The number of ether oxygens (including phenoxy) is 2. The SMILES string of the molecule is COCCOc1ncccc1NC(=O)c1cc(C)n(-c2ccccc2F)c1C. The number of para-hydroxylation sites is 1. The van der Waals surface area contributed by atoms with Gasteiger partial charge < -0.3 is 19.4 Å². The van der Waals surface area contributed by atoms with E-state index in [9.17, 15) is 9.18 Å². The van der Waals surface area contributed by atoms with E-state index in [1.807, 2.05) is 6.92 Å². The summed E-state index contributed by atoms with van der Waals surface area (Å²) in [7, 11) is 1.58. The molecule has 3 aromatic rings. The number of halogens is 1. The van der Waals surface area contributed by atoms with E-state index >= 15 is 0 Å². The lowest BCUT2D eigenvalue weighted by molar-refractivity contribution is 0.102. The van der Waals surface area contributed by atoms with Gasteiger partial charge in [-0.1, -0.05) is 12.1 Å². The number of nitrogens with zero attached hydrogens (tertiary/aromatic N) is 2. The number of hydrogen-bond donors (Lipinski definition) is 1. The molecule has 0 aliphatic rings. The Kier molecular flexibility index (Phi) is 6.06. The number of pyridine rings is 1. The van der Waals surface area contributed by atoms with Crippen LogP contribution in [-0.4, -0.2) is 35.8 Å². The highest BCUT2D eigenvalue weighted by molar-refractivity contribution is 6.06. The van der Waals surface area contributed by atoms with Crippen molar-refractivity contribution in [1.29, 1.82) is 0 Å². The molecule has 0 saturated carbocycles. The minimum atomic E-state index is -0.350. The number of amides is 1. The number of rotatable bonds is 7. The average molecular weight is 383 g/mol. The van der Waals surface area contributed by atoms with Gasteiger partial charge >= 0.3 is 0 Å². The standard InChI is InChI=1S/C21H22FN3O3/c1-14-13-16(15(2)25(14)19-9-5-4-7-17(19)22)20(26)24-18-8-6-10-23-21(18)28-12-11-27-3/h4-10,13H,11-12H2,1-3H3,(H,24,26). The Hall–Kier alpha value is -3.19. The van der Waals surface area contributed by atoms with Gasteiger partial charge in [0, 0.05) is 24.7 Å². The van der Waals surface area contributed by atoms with Crippen LogP contribution in [0.1, 0.15) is 21.7 Å². The van der Waals surface area contributed by atoms with Gasteiger partial charge in [0.15, 0.2) is 0 Å². The molecule has 0 fully saturated rings. The van der Waals surface area contributed by atoms with E-state index in [1.165, 1.54) is 6.07 Å². The van der Waals surface area contributed by atoms with Crippen molar-refractivity contribution in [1.82, 2.24) is 9.55 Å². The van der Waals surface area contributed by atoms with Crippen molar-refractivity contribution in [3.05, 3.63) is 71.4 Å². The molecular formula is C21H22FN3O3. The minimum Gasteiger partial charge on any atom is -0.474 e. The number of carbonyl (C=O) groups is 1. The Morgan fingerprint density at radius 3 is 2.71 bits per heavy atom. The lowest BCUT2D eigenvalue weighted by Gasteiger charge is -2.12. The molecule has 6 nitrogen and oxygen atoms in total. The van der Waals surface area contributed by atoms with E-state index in [1.54, 1.807) is 61.2 Å². The van der Waals surface area contributed by atoms with Gasteiger partial charge in [-0.3, -0.25) is 4.79 Å². The quantitative estimate of drug-likeness (QED) is 0.629. The zero-order chi connectivity index (χ0) is 20.1. The molecule has 7 heteroatoms. The van der Waals surface area contributed by atoms with Gasteiger partial charge in [0.1, 0.15) is 18.1 Å². The summed E-state index contributed by atoms with van der Waals surface area (Å²) in [4.78, 5) is 17.0. The lowest BCUT2D eigenvalue weighted by Crippen LogP contribution is -2.15. The molecular weight excluding hydrogens is 361 g/mol. The van der Waals surface area contributed by atoms with Crippen molar-refractivity contribution in [3.8, 4) is 11.6 Å². The first-order chi connectivity index (χ1) is 13.5. The van der Waals surface area contributed by atoms with Crippen molar-refractivity contribution in [2.24, 2.45) is 0 Å². The van der Waals surface area contributed by atoms with Crippen molar-refractivity contribution in [2.75, 3.05) is 25.6 Å². The van der Waals surface area contributed by atoms with E-state index in [0.29, 0.717) is 41.7 Å². The molecule has 3 rings (SSSR count). The number of benzene rings is 1. The average Bonchev–Trinajstić information content (AvgIpc) is 2.98. The Morgan fingerprint density at radius 1 is 1.18 bits per heavy atom. The molecule has 0 saturated heterocycles. The first kappa shape index (κ1) is 19.6. The van der Waals surface area contributed by atoms with Crippen LogP contribution in [0.15, 0.2) is 48.7 Å². The van der Waals surface area contributed by atoms with Gasteiger partial charge in [0.05, 0.1) is 17.9 Å². The summed E-state index contributed by atoms with van der Waals surface area (Å²) in [6.07, 6.45) is 1.59. The van der Waals surface area contributed by atoms with E-state index in [2.05, 4.69) is 10.3 Å². The van der Waals surface area contributed by atoms with Crippen molar-refractivity contribution < 1.29 is 18.7 Å². The molecule has 0 spiro atoms. The Morgan fingerprint density at radius 2 is 1.96 bits per heavy atom. The molecule has 0 aliphatic carbocycles. The molecule has 2 aromatic heterocycles. The summed E-state index contributed by atoms with van der Waals surface area (Å²) < 4.78 is 26.5. The highest BCUT2D eigenvalue weighted by atomic mass is 19.1. The Balaban J connectivity index is 1.87. The number of hydrogen-bond acceptors (Lipinski definition) is 4. The van der Waals surface area contributed by atoms with Gasteiger partial charge in [0.2, 0.25) is 5.88 Å². The molecule has 0 unspecified atom stereocenters. The third kappa shape index (κ3) is 4.04. The highest BCUT2D eigenvalue weighted by Gasteiger charge is 2.19. The number of aromatic nitrogens is 2. The third-order valence-corrected chi connectivity index (χ3v) is 4.31. The largest absolute Gasteiger partial charge is 0.474 e. The summed E-state index contributed by atoms with van der Waals surface area (Å²) >= 11 is 0. The maximum Gasteiger partial charge on any atom is 0.257 e. The van der Waals surface area contributed by atoms with Crippen LogP contribution in [0.2, 0.25) is 0 Å². The van der Waals surface area contributed by atoms with E-state index in [4.69, 9.17) is 9.47 Å². The molecule has 146 valence electrons. The predicted octanol–water partition coefficient (Wildman–Crippen LogP) is 3.91. The zero-order valence-corrected chi connectivity index (χ0v) is 16.0. The molecule has 1 amide bonds. The fraction of sp³-hybridized carbons (Fsp3) is 0.238. The van der Waals surface area contributed by atoms with Crippen molar-refractivity contribution >= 4 is 11.6 Å². The first-order valence-electron chi connectivity index (χ1n) is 8.85. The van der Waals surface area contributed by atoms with Gasteiger partial charge in [0.25, 0.3) is 5.91 Å². The predicted molar refractivity (Wildman–Crippen MR) is 105 cm³/mol. The molecule has 0 radical (unpaired) electrons. The van der Waals surface area contributed by atoms with E-state index in [0.717, 1.165) is 5.69 Å². The second kappa shape index (κ2) is 8.67. The first-order valence-corrected chi connectivity index (χ1v) is 8.85. The number of nitrogens with one attached hydrogen (secondary N) is 1. The van der Waals surface area contributed by atoms with Gasteiger partial charge in [-0.15, -0.1) is 0 Å². The number of anilines is 1. The summed E-state index contributed by atoms with van der Waals surface area (Å²) in [6, 6.07) is 11.6. The second-order valence-electron chi connectivity index (χ2n) is 6.22. The number of aryl methyl sites for hydroxylation is 1. The van der Waals surface area contributed by atoms with E-state index in [-0.39, 0.29) is 11.7 Å². The monoisotopic (exact) mass is 383 g/mol. The topological polar surface area (TPSA) is 65.4 Å². The van der Waals surface area contributed by atoms with Crippen LogP contribution in [0.4, 0.5) is 10.1 Å². The van der Waals surface area contributed by atoms with E-state index < -0.39 is 0 Å². The van der Waals surface area contributed by atoms with Crippen molar-refractivity contribution in [3.63, 3.8) is 0 Å². The summed E-state index contributed by atoms with van der Waals surface area (Å²) in [6.45, 7) is 4.35. The minimum absolute atomic E-state index is 0.316. The van der Waals surface area contributed by atoms with Crippen molar-refractivity contribution in [2.45, 2.75) is 13.8 Å². The molecule has 0 bridgehead atoms. The molecule has 0 atom stereocenters. The van der Waals surface area contributed by atoms with Crippen LogP contribution in [0.25, 0.3) is 5.69 Å². The van der Waals surface area contributed by atoms with Gasteiger partial charge in [-0.2, -0.15) is 0 Å². The molecule has 2 heterocycles. The lowest BCUT2D eigenvalue weighted by atomic mass is 10.2. The molecule has 1 N–H and O–H groups in total. The van der Waals surface area contributed by atoms with Gasteiger partial charge in [-0.25, -0.2) is 9.37 Å². The Bertz CT molecular complexity index is 985. The fourth-order valence-electron chi connectivity index (χ4n) is 3.01. The highest BCUT2D eigenvalue weighted by Crippen LogP contribution is 2.25. The van der Waals surface area contributed by atoms with Crippen LogP contribution >= 0.6 is 0 Å². The number of methoxy groups -OCH3 is 1. The second-order valence-corrected chi connectivity index (χ2v) is 6.22. The maximum atomic E-state index is 14.2. The normalized spacial score (nSPS) is 10.7. The van der Waals surface area contributed by atoms with Crippen LogP contribution in [-0.2, 0) is 4.74 Å². The fourth-order valence-corrected chi connectivity index (χ4v) is 3.01. The summed E-state index contributed by atoms with van der Waals surface area (Å²) in [5.41, 5.74) is 2.72. The van der Waals surface area contributed by atoms with Crippen LogP contribution in [0.5, 0.6) is 5.88 Å². The molecule has 1 aromatic carbocycles. The third-order valence-electron chi connectivity index (χ3n) is 4.31. The molecule has 28 heavy (non-hydrogen) atoms. The molecule has 0 aliphatic heterocycles. The Labute approximate surface area is 162 Å². The summed E-state index contributed by atoms with van der Waals surface area (Å²) in [5.74, 6) is -0.353. The van der Waals surface area contributed by atoms with Crippen LogP contribution < -0.4 is 10.1 Å². The smallest absolute Gasteiger partial charge is 0.257 e. The summed E-state index contributed by atoms with van der Waals surface area (Å²) in [5, 5.41) is 2.83. The maximum absolute atomic E-state index is 14.2. The van der Waals surface area contributed by atoms with Gasteiger partial charge in [-0.05, 0) is 44.2 Å². The van der Waals surface area contributed by atoms with Crippen LogP contribution in [0, 0.1) is 19.7 Å².